The minimum absolute atomic E-state index is 0.123. The molecule has 0 heterocycles. The SMILES string of the molecule is CC(ON)OC12CC3CC4CC(C1)C4(C3)C2. The Kier molecular flexibility index (Phi) is 1.74. The van der Waals surface area contributed by atoms with Crippen LogP contribution in [-0.2, 0) is 9.57 Å². The predicted molar refractivity (Wildman–Crippen MR) is 59.2 cm³/mol. The Bertz CT molecular complexity index is 330. The number of hydrogen-bond donors (Lipinski definition) is 1. The van der Waals surface area contributed by atoms with Gasteiger partial charge in [-0.15, -0.1) is 0 Å². The summed E-state index contributed by atoms with van der Waals surface area (Å²) in [5, 5.41) is 0. The van der Waals surface area contributed by atoms with E-state index in [9.17, 15) is 0 Å². The van der Waals surface area contributed by atoms with Gasteiger partial charge in [0.05, 0.1) is 5.60 Å². The van der Waals surface area contributed by atoms with E-state index in [4.69, 9.17) is 15.5 Å². The van der Waals surface area contributed by atoms with Gasteiger partial charge < -0.3 is 4.74 Å². The average Bonchev–Trinajstić information content (AvgIpc) is 2.54. The van der Waals surface area contributed by atoms with Crippen molar-refractivity contribution in [2.24, 2.45) is 29.1 Å². The van der Waals surface area contributed by atoms with E-state index in [2.05, 4.69) is 0 Å². The van der Waals surface area contributed by atoms with Crippen LogP contribution in [0.5, 0.6) is 0 Å². The lowest BCUT2D eigenvalue weighted by atomic mass is 9.56. The first-order chi connectivity index (χ1) is 7.66. The van der Waals surface area contributed by atoms with Crippen molar-refractivity contribution in [3.8, 4) is 0 Å². The van der Waals surface area contributed by atoms with Crippen molar-refractivity contribution in [1.29, 1.82) is 0 Å². The molecule has 4 aliphatic carbocycles. The van der Waals surface area contributed by atoms with E-state index in [1.807, 2.05) is 6.92 Å². The fraction of sp³-hybridized carbons (Fsp3) is 1.00. The summed E-state index contributed by atoms with van der Waals surface area (Å²) in [5.41, 5.74) is 0.814. The van der Waals surface area contributed by atoms with Crippen molar-refractivity contribution >= 4 is 0 Å². The Morgan fingerprint density at radius 3 is 2.88 bits per heavy atom. The maximum absolute atomic E-state index is 6.14. The van der Waals surface area contributed by atoms with Gasteiger partial charge in [-0.25, -0.2) is 5.90 Å². The molecule has 3 bridgehead atoms. The van der Waals surface area contributed by atoms with E-state index in [1.165, 1.54) is 38.5 Å². The summed E-state index contributed by atoms with van der Waals surface area (Å²) in [6.45, 7) is 1.92. The lowest BCUT2D eigenvalue weighted by Crippen LogP contribution is -2.43. The molecule has 6 unspecified atom stereocenters. The molecule has 6 atom stereocenters. The second kappa shape index (κ2) is 2.82. The van der Waals surface area contributed by atoms with Crippen molar-refractivity contribution < 1.29 is 9.57 Å². The molecule has 0 aromatic carbocycles. The van der Waals surface area contributed by atoms with Crippen molar-refractivity contribution in [1.82, 2.24) is 0 Å². The molecule has 0 radical (unpaired) electrons. The molecule has 4 rings (SSSR count). The maximum Gasteiger partial charge on any atom is 0.174 e. The van der Waals surface area contributed by atoms with Gasteiger partial charge in [-0.05, 0) is 68.6 Å². The zero-order valence-electron chi connectivity index (χ0n) is 9.95. The fourth-order valence-electron chi connectivity index (χ4n) is 5.80. The third kappa shape index (κ3) is 1.00. The van der Waals surface area contributed by atoms with Gasteiger partial charge in [-0.2, -0.15) is 0 Å². The zero-order valence-corrected chi connectivity index (χ0v) is 9.95. The van der Waals surface area contributed by atoms with Gasteiger partial charge in [-0.1, -0.05) is 0 Å². The summed E-state index contributed by atoms with van der Waals surface area (Å²) in [6, 6.07) is 0. The molecule has 2 N–H and O–H groups in total. The van der Waals surface area contributed by atoms with E-state index in [0.29, 0.717) is 5.41 Å². The van der Waals surface area contributed by atoms with Crippen molar-refractivity contribution in [3.05, 3.63) is 0 Å². The van der Waals surface area contributed by atoms with Gasteiger partial charge in [0.2, 0.25) is 0 Å². The first-order valence-corrected chi connectivity index (χ1v) is 6.69. The summed E-state index contributed by atoms with van der Waals surface area (Å²) in [7, 11) is 0. The summed E-state index contributed by atoms with van der Waals surface area (Å²) < 4.78 is 6.14. The average molecular weight is 223 g/mol. The third-order valence-corrected chi connectivity index (χ3v) is 6.02. The number of rotatable bonds is 3. The van der Waals surface area contributed by atoms with Gasteiger partial charge in [0.25, 0.3) is 0 Å². The normalized spacial score (nSPS) is 58.5. The highest BCUT2D eigenvalue weighted by Crippen LogP contribution is 2.77. The van der Waals surface area contributed by atoms with Crippen LogP contribution in [0.25, 0.3) is 0 Å². The Balaban J connectivity index is 1.63. The molecule has 0 saturated heterocycles. The topological polar surface area (TPSA) is 44.5 Å². The monoisotopic (exact) mass is 223 g/mol. The quantitative estimate of drug-likeness (QED) is 0.589. The molecule has 0 aromatic rings. The standard InChI is InChI=1S/C13H21NO2/c1-8(16-14)15-12-4-9-2-10-3-11(6-12)13(10,5-9)7-12/h8-11H,2-7,14H2,1H3. The molecule has 0 amide bonds. The first-order valence-electron chi connectivity index (χ1n) is 6.69. The van der Waals surface area contributed by atoms with Gasteiger partial charge in [-0.3, -0.25) is 4.84 Å². The lowest BCUT2D eigenvalue weighted by Gasteiger charge is -2.49. The fourth-order valence-corrected chi connectivity index (χ4v) is 5.80. The maximum atomic E-state index is 6.14. The molecule has 3 heteroatoms. The molecular weight excluding hydrogens is 202 g/mol. The van der Waals surface area contributed by atoms with Crippen LogP contribution < -0.4 is 5.90 Å². The summed E-state index contributed by atoms with van der Waals surface area (Å²) in [6.07, 6.45) is 8.01. The minimum atomic E-state index is -0.246. The Labute approximate surface area is 96.6 Å². The Morgan fingerprint density at radius 1 is 1.19 bits per heavy atom. The lowest BCUT2D eigenvalue weighted by molar-refractivity contribution is -0.213. The summed E-state index contributed by atoms with van der Waals surface area (Å²) >= 11 is 0. The van der Waals surface area contributed by atoms with Crippen LogP contribution in [0.2, 0.25) is 0 Å². The minimum Gasteiger partial charge on any atom is -0.345 e. The first kappa shape index (κ1) is 9.86. The highest BCUT2D eigenvalue weighted by molar-refractivity contribution is 5.21. The second-order valence-electron chi connectivity index (χ2n) is 6.76. The van der Waals surface area contributed by atoms with Crippen LogP contribution in [0.1, 0.15) is 45.4 Å². The van der Waals surface area contributed by atoms with Crippen LogP contribution in [0.4, 0.5) is 0 Å². The van der Waals surface area contributed by atoms with Crippen LogP contribution in [0.3, 0.4) is 0 Å². The van der Waals surface area contributed by atoms with Crippen molar-refractivity contribution in [2.45, 2.75) is 57.3 Å². The van der Waals surface area contributed by atoms with Crippen LogP contribution >= 0.6 is 0 Å². The van der Waals surface area contributed by atoms with E-state index < -0.39 is 0 Å². The van der Waals surface area contributed by atoms with E-state index in [1.54, 1.807) is 0 Å². The number of ether oxygens (including phenoxy) is 1. The molecule has 0 aromatic heterocycles. The van der Waals surface area contributed by atoms with Crippen LogP contribution in [-0.4, -0.2) is 11.9 Å². The highest BCUT2D eigenvalue weighted by atomic mass is 16.8. The molecule has 3 nitrogen and oxygen atoms in total. The number of hydrogen-bond acceptors (Lipinski definition) is 3. The van der Waals surface area contributed by atoms with Gasteiger partial charge in [0.15, 0.2) is 6.29 Å². The molecule has 90 valence electrons. The van der Waals surface area contributed by atoms with Gasteiger partial charge >= 0.3 is 0 Å². The summed E-state index contributed by atoms with van der Waals surface area (Å²) in [5.74, 6) is 8.13. The summed E-state index contributed by atoms with van der Waals surface area (Å²) in [4.78, 5) is 4.81. The zero-order chi connectivity index (χ0) is 11.0. The largest absolute Gasteiger partial charge is 0.345 e. The van der Waals surface area contributed by atoms with E-state index >= 15 is 0 Å². The van der Waals surface area contributed by atoms with Crippen LogP contribution in [0, 0.1) is 23.2 Å². The van der Waals surface area contributed by atoms with Gasteiger partial charge in [0.1, 0.15) is 0 Å². The van der Waals surface area contributed by atoms with E-state index in [0.717, 1.165) is 17.8 Å². The molecule has 4 fully saturated rings. The molecule has 4 saturated carbocycles. The third-order valence-electron chi connectivity index (χ3n) is 6.02. The molecule has 0 aliphatic heterocycles. The Hall–Kier alpha value is -0.120. The smallest absolute Gasteiger partial charge is 0.174 e. The molecule has 4 aliphatic rings. The number of fused-ring (bicyclic) bond motifs is 2. The van der Waals surface area contributed by atoms with Crippen molar-refractivity contribution in [3.63, 3.8) is 0 Å². The van der Waals surface area contributed by atoms with E-state index in [-0.39, 0.29) is 11.9 Å². The molecular formula is C13H21NO2. The Morgan fingerprint density at radius 2 is 2.06 bits per heavy atom. The predicted octanol–water partition coefficient (Wildman–Crippen LogP) is 2.21. The van der Waals surface area contributed by atoms with Crippen molar-refractivity contribution in [2.75, 3.05) is 0 Å². The van der Waals surface area contributed by atoms with Gasteiger partial charge in [0, 0.05) is 0 Å². The number of nitrogens with two attached hydrogens (primary N) is 1. The molecule has 1 spiro atoms. The second-order valence-corrected chi connectivity index (χ2v) is 6.76. The van der Waals surface area contributed by atoms with Crippen LogP contribution in [0.15, 0.2) is 0 Å². The highest BCUT2D eigenvalue weighted by Gasteiger charge is 2.71. The molecule has 16 heavy (non-hydrogen) atoms.